The molecule has 0 amide bonds. The molecule has 2 aromatic carbocycles. The van der Waals surface area contributed by atoms with Crippen molar-refractivity contribution in [3.63, 3.8) is 0 Å². The summed E-state index contributed by atoms with van der Waals surface area (Å²) in [7, 11) is 0. The lowest BCUT2D eigenvalue weighted by molar-refractivity contribution is 0.0856. The Kier molecular flexibility index (Phi) is 4.64. The number of fused-ring (bicyclic) bond motifs is 1. The molecule has 0 bridgehead atoms. The zero-order valence-electron chi connectivity index (χ0n) is 16.2. The van der Waals surface area contributed by atoms with E-state index in [1.54, 1.807) is 0 Å². The number of ether oxygens (including phenoxy) is 1. The Morgan fingerprint density at radius 3 is 2.79 bits per heavy atom. The van der Waals surface area contributed by atoms with Crippen LogP contribution in [0.1, 0.15) is 25.7 Å². The average molecular weight is 395 g/mol. The van der Waals surface area contributed by atoms with Crippen molar-refractivity contribution in [1.82, 2.24) is 4.57 Å². The molecule has 29 heavy (non-hydrogen) atoms. The van der Waals surface area contributed by atoms with Crippen LogP contribution in [0.15, 0.2) is 34.1 Å². The molecule has 2 atom stereocenters. The number of hydrogen-bond donors (Lipinski definition) is 3. The van der Waals surface area contributed by atoms with Gasteiger partial charge in [-0.15, -0.1) is 0 Å². The minimum absolute atomic E-state index is 0.0551. The highest BCUT2D eigenvalue weighted by atomic mass is 16.5. The van der Waals surface area contributed by atoms with Gasteiger partial charge in [0.2, 0.25) is 5.88 Å². The van der Waals surface area contributed by atoms with Crippen LogP contribution < -0.4 is 16.2 Å². The lowest BCUT2D eigenvalue weighted by atomic mass is 9.91. The number of hydrogen-bond acceptors (Lipinski definition) is 6. The first-order chi connectivity index (χ1) is 14.2. The maximum absolute atomic E-state index is 13.1. The third-order valence-electron chi connectivity index (χ3n) is 6.18. The van der Waals surface area contributed by atoms with Crippen LogP contribution in [0.5, 0.6) is 5.88 Å². The van der Waals surface area contributed by atoms with Crippen LogP contribution in [0, 0.1) is 0 Å². The Morgan fingerprint density at radius 1 is 1.10 bits per heavy atom. The molecule has 0 saturated heterocycles. The predicted octanol–water partition coefficient (Wildman–Crippen LogP) is 1.94. The average Bonchev–Trinajstić information content (AvgIpc) is 2.90. The molecule has 0 spiro atoms. The Hall–Kier alpha value is -2.64. The second-order valence-electron chi connectivity index (χ2n) is 7.89. The normalized spacial score (nSPS) is 20.9. The largest absolute Gasteiger partial charge is 0.494 e. The molecule has 152 valence electrons. The van der Waals surface area contributed by atoms with E-state index in [1.807, 2.05) is 24.3 Å². The molecule has 1 saturated carbocycles. The van der Waals surface area contributed by atoms with Gasteiger partial charge in [0.25, 0.3) is 5.56 Å². The van der Waals surface area contributed by atoms with Crippen molar-refractivity contribution < 1.29 is 14.9 Å². The standard InChI is InChI=1S/C22H25N3O4/c26-10-12-29-11-9-25-21(27)13-5-7-17-20-18(8-6-14(19(13)20)22(25)28)24-16-4-2-1-3-15(16)23-17/h5-8,15-16,23,26,28H,1-4,9-12H2. The van der Waals surface area contributed by atoms with Crippen LogP contribution in [0.4, 0.5) is 5.69 Å². The first-order valence-corrected chi connectivity index (χ1v) is 10.3. The van der Waals surface area contributed by atoms with E-state index >= 15 is 0 Å². The Balaban J connectivity index is 1.71. The minimum atomic E-state index is -0.243. The number of aliphatic hydroxyl groups excluding tert-OH is 1. The lowest BCUT2D eigenvalue weighted by Gasteiger charge is -2.29. The molecule has 2 unspecified atom stereocenters. The van der Waals surface area contributed by atoms with Crippen LogP contribution in [0.3, 0.4) is 0 Å². The summed E-state index contributed by atoms with van der Waals surface area (Å²) in [5, 5.41) is 27.2. The summed E-state index contributed by atoms with van der Waals surface area (Å²) < 4.78 is 6.63. The number of aliphatic hydroxyl groups is 1. The molecule has 1 fully saturated rings. The predicted molar refractivity (Wildman–Crippen MR) is 112 cm³/mol. The zero-order valence-corrected chi connectivity index (χ0v) is 16.2. The number of anilines is 1. The van der Waals surface area contributed by atoms with E-state index in [2.05, 4.69) is 5.32 Å². The summed E-state index contributed by atoms with van der Waals surface area (Å²) in [6, 6.07) is 8.18. The maximum atomic E-state index is 13.1. The Morgan fingerprint density at radius 2 is 1.93 bits per heavy atom. The summed E-state index contributed by atoms with van der Waals surface area (Å²) in [5.41, 5.74) is 0.743. The van der Waals surface area contributed by atoms with Gasteiger partial charge in [-0.2, -0.15) is 0 Å². The van der Waals surface area contributed by atoms with Crippen molar-refractivity contribution in [3.05, 3.63) is 40.0 Å². The van der Waals surface area contributed by atoms with Gasteiger partial charge in [-0.05, 0) is 37.1 Å². The molecule has 2 aliphatic rings. The maximum Gasteiger partial charge on any atom is 0.261 e. The van der Waals surface area contributed by atoms with Crippen LogP contribution in [-0.4, -0.2) is 46.7 Å². The number of aromatic hydroxyl groups is 1. The first kappa shape index (κ1) is 18.4. The fourth-order valence-electron chi connectivity index (χ4n) is 4.80. The second-order valence-corrected chi connectivity index (χ2v) is 7.89. The second kappa shape index (κ2) is 7.31. The number of nitrogens with one attached hydrogen (secondary N) is 1. The summed E-state index contributed by atoms with van der Waals surface area (Å²) in [6.07, 6.45) is 4.55. The van der Waals surface area contributed by atoms with E-state index in [0.29, 0.717) is 16.8 Å². The number of pyridine rings is 1. The van der Waals surface area contributed by atoms with Gasteiger partial charge in [-0.25, -0.2) is 0 Å². The van der Waals surface area contributed by atoms with Gasteiger partial charge in [0.05, 0.1) is 37.8 Å². The molecule has 3 aromatic rings. The van der Waals surface area contributed by atoms with Gasteiger partial charge < -0.3 is 20.3 Å². The molecule has 5 rings (SSSR count). The molecule has 1 aromatic heterocycles. The van der Waals surface area contributed by atoms with Gasteiger partial charge in [0, 0.05) is 33.3 Å². The fraction of sp³-hybridized carbons (Fsp3) is 0.455. The van der Waals surface area contributed by atoms with Crippen molar-refractivity contribution in [2.24, 2.45) is 4.99 Å². The van der Waals surface area contributed by atoms with E-state index in [4.69, 9.17) is 14.8 Å². The molecular weight excluding hydrogens is 370 g/mol. The monoisotopic (exact) mass is 395 g/mol. The summed E-state index contributed by atoms with van der Waals surface area (Å²) in [4.78, 5) is 18.2. The van der Waals surface area contributed by atoms with E-state index in [0.717, 1.165) is 34.7 Å². The van der Waals surface area contributed by atoms with Gasteiger partial charge in [0.1, 0.15) is 0 Å². The third-order valence-corrected chi connectivity index (χ3v) is 6.18. The Bertz CT molecular complexity index is 1190. The molecule has 1 aliphatic heterocycles. The number of benzene rings is 2. The lowest BCUT2D eigenvalue weighted by Crippen LogP contribution is -2.35. The summed E-state index contributed by atoms with van der Waals surface area (Å²) >= 11 is 0. The highest BCUT2D eigenvalue weighted by Gasteiger charge is 2.28. The highest BCUT2D eigenvalue weighted by Crippen LogP contribution is 2.35. The first-order valence-electron chi connectivity index (χ1n) is 10.3. The highest BCUT2D eigenvalue weighted by molar-refractivity contribution is 6.15. The number of nitrogens with zero attached hydrogens (tertiary/aromatic N) is 2. The SMILES string of the molecule is O=c1c2ccc3c4c(ccc(c(O)n1CCOCCO)c24)=NC1CCCCC1N3. The minimum Gasteiger partial charge on any atom is -0.494 e. The Labute approximate surface area is 167 Å². The van der Waals surface area contributed by atoms with Crippen LogP contribution in [0.25, 0.3) is 21.5 Å². The number of rotatable bonds is 5. The van der Waals surface area contributed by atoms with Crippen molar-refractivity contribution in [2.45, 2.75) is 44.3 Å². The van der Waals surface area contributed by atoms with Crippen molar-refractivity contribution in [3.8, 4) is 5.88 Å². The molecular formula is C22H25N3O4. The van der Waals surface area contributed by atoms with E-state index in [9.17, 15) is 9.90 Å². The fourth-order valence-corrected chi connectivity index (χ4v) is 4.80. The van der Waals surface area contributed by atoms with Gasteiger partial charge in [0.15, 0.2) is 0 Å². The molecule has 7 heteroatoms. The molecule has 2 heterocycles. The topological polar surface area (TPSA) is 96.1 Å². The van der Waals surface area contributed by atoms with Crippen LogP contribution in [0.2, 0.25) is 0 Å². The third kappa shape index (κ3) is 2.96. The smallest absolute Gasteiger partial charge is 0.261 e. The number of aromatic nitrogens is 1. The van der Waals surface area contributed by atoms with Gasteiger partial charge in [-0.1, -0.05) is 12.8 Å². The van der Waals surface area contributed by atoms with E-state index in [-0.39, 0.29) is 43.8 Å². The molecule has 7 nitrogen and oxygen atoms in total. The van der Waals surface area contributed by atoms with Gasteiger partial charge in [-0.3, -0.25) is 14.4 Å². The molecule has 1 aliphatic carbocycles. The van der Waals surface area contributed by atoms with E-state index < -0.39 is 0 Å². The van der Waals surface area contributed by atoms with Crippen LogP contribution >= 0.6 is 0 Å². The van der Waals surface area contributed by atoms with Crippen LogP contribution in [-0.2, 0) is 11.3 Å². The van der Waals surface area contributed by atoms with Gasteiger partial charge >= 0.3 is 0 Å². The van der Waals surface area contributed by atoms with Crippen molar-refractivity contribution >= 4 is 27.2 Å². The van der Waals surface area contributed by atoms with E-state index in [1.165, 1.54) is 17.4 Å². The zero-order chi connectivity index (χ0) is 20.0. The molecule has 3 N–H and O–H groups in total. The van der Waals surface area contributed by atoms with Crippen molar-refractivity contribution in [2.75, 3.05) is 25.1 Å². The quantitative estimate of drug-likeness (QED) is 0.574. The summed E-state index contributed by atoms with van der Waals surface area (Å²) in [5.74, 6) is -0.0551. The summed E-state index contributed by atoms with van der Waals surface area (Å²) in [6.45, 7) is 0.597. The molecule has 0 radical (unpaired) electrons. The van der Waals surface area contributed by atoms with Crippen molar-refractivity contribution in [1.29, 1.82) is 0 Å².